The first kappa shape index (κ1) is 12.6. The highest BCUT2D eigenvalue weighted by atomic mass is 35.5. The number of halogens is 1. The van der Waals surface area contributed by atoms with Gasteiger partial charge < -0.3 is 5.32 Å². The second-order valence-corrected chi connectivity index (χ2v) is 4.69. The van der Waals surface area contributed by atoms with Gasteiger partial charge in [-0.2, -0.15) is 0 Å². The number of anilines is 2. The number of rotatable bonds is 3. The van der Waals surface area contributed by atoms with Crippen LogP contribution in [0.25, 0.3) is 11.1 Å². The van der Waals surface area contributed by atoms with Gasteiger partial charge in [0.2, 0.25) is 5.95 Å². The lowest BCUT2D eigenvalue weighted by molar-refractivity contribution is 1.17. The Hall–Kier alpha value is -2.39. The highest BCUT2D eigenvalue weighted by molar-refractivity contribution is 6.31. The van der Waals surface area contributed by atoms with E-state index in [1.165, 1.54) is 0 Å². The van der Waals surface area contributed by atoms with E-state index in [-0.39, 0.29) is 0 Å². The Morgan fingerprint density at radius 1 is 0.850 bits per heavy atom. The van der Waals surface area contributed by atoms with Crippen LogP contribution in [0.4, 0.5) is 11.6 Å². The number of aromatic nitrogens is 2. The van der Waals surface area contributed by atoms with E-state index in [1.807, 2.05) is 48.5 Å². The van der Waals surface area contributed by atoms with Crippen LogP contribution in [0.3, 0.4) is 0 Å². The molecule has 0 amide bonds. The van der Waals surface area contributed by atoms with Gasteiger partial charge in [-0.15, -0.1) is 0 Å². The third-order valence-electron chi connectivity index (χ3n) is 2.88. The van der Waals surface area contributed by atoms with Crippen LogP contribution in [0.1, 0.15) is 0 Å². The van der Waals surface area contributed by atoms with Crippen LogP contribution in [0.15, 0.2) is 67.0 Å². The molecule has 20 heavy (non-hydrogen) atoms. The summed E-state index contributed by atoms with van der Waals surface area (Å²) >= 11 is 6.11. The quantitative estimate of drug-likeness (QED) is 0.766. The van der Waals surface area contributed by atoms with Crippen LogP contribution < -0.4 is 5.32 Å². The second kappa shape index (κ2) is 5.72. The summed E-state index contributed by atoms with van der Waals surface area (Å²) in [5.41, 5.74) is 3.03. The Morgan fingerprint density at radius 2 is 1.60 bits per heavy atom. The summed E-state index contributed by atoms with van der Waals surface area (Å²) in [6.45, 7) is 0. The van der Waals surface area contributed by atoms with E-state index < -0.39 is 0 Å². The maximum atomic E-state index is 6.11. The molecule has 98 valence electrons. The fourth-order valence-corrected chi connectivity index (χ4v) is 2.14. The molecule has 1 N–H and O–H groups in total. The highest BCUT2D eigenvalue weighted by Gasteiger charge is 2.07. The average molecular weight is 282 g/mol. The Bertz CT molecular complexity index is 699. The van der Waals surface area contributed by atoms with E-state index >= 15 is 0 Å². The van der Waals surface area contributed by atoms with Gasteiger partial charge in [0.15, 0.2) is 0 Å². The molecule has 0 aliphatic heterocycles. The minimum absolute atomic E-state index is 0.562. The summed E-state index contributed by atoms with van der Waals surface area (Å²) in [5.74, 6) is 0.562. The summed E-state index contributed by atoms with van der Waals surface area (Å²) in [6, 6.07) is 17.6. The van der Waals surface area contributed by atoms with Gasteiger partial charge in [-0.05, 0) is 29.8 Å². The number of benzene rings is 2. The lowest BCUT2D eigenvalue weighted by Crippen LogP contribution is -1.97. The zero-order valence-corrected chi connectivity index (χ0v) is 11.4. The SMILES string of the molecule is Clc1ccc(Nc2ncccn2)c(-c2ccccc2)c1. The van der Waals surface area contributed by atoms with E-state index in [2.05, 4.69) is 15.3 Å². The van der Waals surface area contributed by atoms with Crippen LogP contribution in [0.5, 0.6) is 0 Å². The third kappa shape index (κ3) is 2.78. The second-order valence-electron chi connectivity index (χ2n) is 4.25. The van der Waals surface area contributed by atoms with E-state index in [0.29, 0.717) is 11.0 Å². The molecule has 0 aliphatic carbocycles. The van der Waals surface area contributed by atoms with Crippen molar-refractivity contribution in [3.05, 3.63) is 72.0 Å². The van der Waals surface area contributed by atoms with E-state index in [4.69, 9.17) is 11.6 Å². The van der Waals surface area contributed by atoms with E-state index in [1.54, 1.807) is 18.5 Å². The van der Waals surface area contributed by atoms with E-state index in [9.17, 15) is 0 Å². The van der Waals surface area contributed by atoms with Gasteiger partial charge in [0.05, 0.1) is 0 Å². The molecule has 0 atom stereocenters. The van der Waals surface area contributed by atoms with Gasteiger partial charge in [-0.25, -0.2) is 9.97 Å². The van der Waals surface area contributed by atoms with Crippen LogP contribution >= 0.6 is 11.6 Å². The van der Waals surface area contributed by atoms with Crippen LogP contribution in [-0.4, -0.2) is 9.97 Å². The molecule has 3 nitrogen and oxygen atoms in total. The van der Waals surface area contributed by atoms with Gasteiger partial charge >= 0.3 is 0 Å². The number of nitrogens with one attached hydrogen (secondary N) is 1. The summed E-state index contributed by atoms with van der Waals surface area (Å²) < 4.78 is 0. The molecule has 0 saturated heterocycles. The van der Waals surface area contributed by atoms with E-state index in [0.717, 1.165) is 16.8 Å². The van der Waals surface area contributed by atoms with Crippen LogP contribution in [-0.2, 0) is 0 Å². The Kier molecular flexibility index (Phi) is 3.61. The monoisotopic (exact) mass is 281 g/mol. The fraction of sp³-hybridized carbons (Fsp3) is 0. The fourth-order valence-electron chi connectivity index (χ4n) is 1.97. The molecule has 0 saturated carbocycles. The maximum absolute atomic E-state index is 6.11. The van der Waals surface area contributed by atoms with Crippen molar-refractivity contribution in [2.45, 2.75) is 0 Å². The Balaban J connectivity index is 2.03. The highest BCUT2D eigenvalue weighted by Crippen LogP contribution is 2.31. The maximum Gasteiger partial charge on any atom is 0.227 e. The number of nitrogens with zero attached hydrogens (tertiary/aromatic N) is 2. The van der Waals surface area contributed by atoms with Crippen molar-refractivity contribution in [2.24, 2.45) is 0 Å². The normalized spacial score (nSPS) is 10.2. The topological polar surface area (TPSA) is 37.8 Å². The van der Waals surface area contributed by atoms with Gasteiger partial charge in [0, 0.05) is 28.7 Å². The molecule has 0 bridgehead atoms. The standard InChI is InChI=1S/C16H12ClN3/c17-13-7-8-15(20-16-18-9-4-10-19-16)14(11-13)12-5-2-1-3-6-12/h1-11H,(H,18,19,20). The Morgan fingerprint density at radius 3 is 2.35 bits per heavy atom. The molecule has 4 heteroatoms. The smallest absolute Gasteiger partial charge is 0.227 e. The van der Waals surface area contributed by atoms with Crippen LogP contribution in [0.2, 0.25) is 5.02 Å². The molecule has 3 aromatic rings. The van der Waals surface area contributed by atoms with Gasteiger partial charge in [-0.1, -0.05) is 41.9 Å². The lowest BCUT2D eigenvalue weighted by atomic mass is 10.0. The minimum Gasteiger partial charge on any atom is -0.324 e. The molecular weight excluding hydrogens is 270 g/mol. The summed E-state index contributed by atoms with van der Waals surface area (Å²) in [7, 11) is 0. The van der Waals surface area contributed by atoms with Crippen molar-refractivity contribution in [2.75, 3.05) is 5.32 Å². The van der Waals surface area contributed by atoms with Crippen molar-refractivity contribution in [3.8, 4) is 11.1 Å². The average Bonchev–Trinajstić information content (AvgIpc) is 2.51. The van der Waals surface area contributed by atoms with Crippen molar-refractivity contribution in [3.63, 3.8) is 0 Å². The molecule has 0 fully saturated rings. The van der Waals surface area contributed by atoms with Crippen molar-refractivity contribution in [1.29, 1.82) is 0 Å². The molecule has 0 spiro atoms. The molecule has 0 aliphatic rings. The lowest BCUT2D eigenvalue weighted by Gasteiger charge is -2.11. The zero-order chi connectivity index (χ0) is 13.8. The predicted octanol–water partition coefficient (Wildman–Crippen LogP) is 4.54. The number of hydrogen-bond donors (Lipinski definition) is 1. The first-order chi connectivity index (χ1) is 9.83. The molecule has 1 aromatic heterocycles. The third-order valence-corrected chi connectivity index (χ3v) is 3.11. The summed E-state index contributed by atoms with van der Waals surface area (Å²) in [5, 5.41) is 3.91. The van der Waals surface area contributed by atoms with Gasteiger partial charge in [-0.3, -0.25) is 0 Å². The summed E-state index contributed by atoms with van der Waals surface area (Å²) in [6.07, 6.45) is 3.40. The van der Waals surface area contributed by atoms with Crippen molar-refractivity contribution in [1.82, 2.24) is 9.97 Å². The first-order valence-corrected chi connectivity index (χ1v) is 6.60. The largest absolute Gasteiger partial charge is 0.324 e. The van der Waals surface area contributed by atoms with Crippen LogP contribution in [0, 0.1) is 0 Å². The van der Waals surface area contributed by atoms with Gasteiger partial charge in [0.25, 0.3) is 0 Å². The first-order valence-electron chi connectivity index (χ1n) is 6.22. The summed E-state index contributed by atoms with van der Waals surface area (Å²) in [4.78, 5) is 8.35. The molecule has 1 heterocycles. The van der Waals surface area contributed by atoms with Crippen molar-refractivity contribution >= 4 is 23.2 Å². The Labute approximate surface area is 122 Å². The molecule has 2 aromatic carbocycles. The van der Waals surface area contributed by atoms with Gasteiger partial charge in [0.1, 0.15) is 0 Å². The molecule has 3 rings (SSSR count). The molecule has 0 radical (unpaired) electrons. The molecule has 0 unspecified atom stereocenters. The van der Waals surface area contributed by atoms with Crippen molar-refractivity contribution < 1.29 is 0 Å². The molecular formula is C16H12ClN3. The predicted molar refractivity (Wildman–Crippen MR) is 82.2 cm³/mol. The minimum atomic E-state index is 0.562. The number of hydrogen-bond acceptors (Lipinski definition) is 3. The zero-order valence-electron chi connectivity index (χ0n) is 10.6.